The van der Waals surface area contributed by atoms with E-state index in [1.807, 2.05) is 36.4 Å². The summed E-state index contributed by atoms with van der Waals surface area (Å²) in [5, 5.41) is 2.15. The number of rotatable bonds is 6. The van der Waals surface area contributed by atoms with Crippen molar-refractivity contribution in [1.82, 2.24) is 10.4 Å². The van der Waals surface area contributed by atoms with Crippen molar-refractivity contribution in [3.05, 3.63) is 101 Å². The van der Waals surface area contributed by atoms with Gasteiger partial charge >= 0.3 is 6.18 Å². The zero-order valence-corrected chi connectivity index (χ0v) is 17.1. The van der Waals surface area contributed by atoms with E-state index in [-0.39, 0.29) is 6.10 Å². The molecule has 0 saturated heterocycles. The maximum absolute atomic E-state index is 12.9. The van der Waals surface area contributed by atoms with Gasteiger partial charge in [-0.2, -0.15) is 13.2 Å². The lowest BCUT2D eigenvalue weighted by Gasteiger charge is -2.26. The summed E-state index contributed by atoms with van der Waals surface area (Å²) in [6.45, 7) is 2.23. The molecule has 4 rings (SSSR count). The van der Waals surface area contributed by atoms with Gasteiger partial charge in [0, 0.05) is 13.1 Å². The van der Waals surface area contributed by atoms with E-state index in [1.54, 1.807) is 0 Å². The van der Waals surface area contributed by atoms with E-state index in [9.17, 15) is 13.2 Å². The molecule has 0 spiro atoms. The van der Waals surface area contributed by atoms with Crippen LogP contribution in [0, 0.1) is 0 Å². The Bertz CT molecular complexity index is 974. The Hall–Kier alpha value is -2.83. The van der Waals surface area contributed by atoms with Gasteiger partial charge in [-0.05, 0) is 53.8 Å². The highest BCUT2D eigenvalue weighted by molar-refractivity contribution is 5.34. The first-order valence-corrected chi connectivity index (χ1v) is 10.4. The average Bonchev–Trinajstić information content (AvgIpc) is 2.94. The monoisotopic (exact) mass is 426 g/mol. The van der Waals surface area contributed by atoms with Gasteiger partial charge in [0.25, 0.3) is 0 Å². The highest BCUT2D eigenvalue weighted by atomic mass is 19.4. The first kappa shape index (κ1) is 21.4. The highest BCUT2D eigenvalue weighted by Crippen LogP contribution is 2.32. The van der Waals surface area contributed by atoms with Crippen molar-refractivity contribution in [1.29, 1.82) is 0 Å². The minimum absolute atomic E-state index is 0.278. The topological polar surface area (TPSA) is 24.5 Å². The van der Waals surface area contributed by atoms with Gasteiger partial charge in [-0.1, -0.05) is 54.6 Å². The van der Waals surface area contributed by atoms with Gasteiger partial charge in [-0.15, -0.1) is 0 Å². The highest BCUT2D eigenvalue weighted by Gasteiger charge is 2.30. The third-order valence-corrected chi connectivity index (χ3v) is 5.49. The van der Waals surface area contributed by atoms with Gasteiger partial charge in [0.2, 0.25) is 0 Å². The van der Waals surface area contributed by atoms with E-state index >= 15 is 0 Å². The summed E-state index contributed by atoms with van der Waals surface area (Å²) in [6, 6.07) is 23.3. The van der Waals surface area contributed by atoms with E-state index in [0.29, 0.717) is 12.3 Å². The Balaban J connectivity index is 1.45. The number of nitrogens with one attached hydrogen (secondary N) is 1. The average molecular weight is 426 g/mol. The quantitative estimate of drug-likeness (QED) is 0.569. The summed E-state index contributed by atoms with van der Waals surface area (Å²) in [4.78, 5) is 0. The maximum atomic E-state index is 12.9. The normalized spacial score (nSPS) is 17.1. The molecule has 3 aromatic carbocycles. The van der Waals surface area contributed by atoms with E-state index in [1.165, 1.54) is 23.3 Å². The van der Waals surface area contributed by atoms with Crippen LogP contribution in [-0.4, -0.2) is 24.6 Å². The molecule has 0 fully saturated rings. The molecule has 1 N–H and O–H groups in total. The minimum atomic E-state index is -4.35. The van der Waals surface area contributed by atoms with Crippen molar-refractivity contribution < 1.29 is 17.9 Å². The van der Waals surface area contributed by atoms with Crippen LogP contribution in [0.25, 0.3) is 0 Å². The zero-order valence-electron chi connectivity index (χ0n) is 17.1. The molecule has 6 heteroatoms. The van der Waals surface area contributed by atoms with Crippen LogP contribution < -0.4 is 10.2 Å². The van der Waals surface area contributed by atoms with Crippen molar-refractivity contribution in [3.8, 4) is 5.75 Å². The Morgan fingerprint density at radius 2 is 1.61 bits per heavy atom. The predicted octanol–water partition coefficient (Wildman–Crippen LogP) is 5.43. The van der Waals surface area contributed by atoms with E-state index in [4.69, 9.17) is 4.74 Å². The van der Waals surface area contributed by atoms with Gasteiger partial charge in [-0.25, -0.2) is 5.01 Å². The number of nitrogens with zero attached hydrogens (tertiary/aromatic N) is 1. The van der Waals surface area contributed by atoms with E-state index < -0.39 is 11.7 Å². The van der Waals surface area contributed by atoms with Crippen LogP contribution in [0.15, 0.2) is 78.9 Å². The van der Waals surface area contributed by atoms with Gasteiger partial charge in [-0.3, -0.25) is 5.43 Å². The van der Waals surface area contributed by atoms with Gasteiger partial charge < -0.3 is 4.74 Å². The van der Waals surface area contributed by atoms with Crippen molar-refractivity contribution in [2.24, 2.45) is 0 Å². The number of fused-ring (bicyclic) bond motifs is 1. The van der Waals surface area contributed by atoms with Crippen LogP contribution in [0.1, 0.15) is 28.4 Å². The van der Waals surface area contributed by atoms with E-state index in [0.717, 1.165) is 43.6 Å². The molecule has 1 aliphatic heterocycles. The fourth-order valence-corrected chi connectivity index (χ4v) is 3.86. The fraction of sp³-hybridized carbons (Fsp3) is 0.280. The number of ether oxygens (including phenoxy) is 1. The lowest BCUT2D eigenvalue weighted by molar-refractivity contribution is -0.137. The Morgan fingerprint density at radius 3 is 2.35 bits per heavy atom. The number of hydrogen-bond donors (Lipinski definition) is 1. The summed E-state index contributed by atoms with van der Waals surface area (Å²) in [5.74, 6) is 0.430. The molecule has 1 heterocycles. The van der Waals surface area contributed by atoms with Crippen molar-refractivity contribution in [2.75, 3.05) is 19.6 Å². The second-order valence-corrected chi connectivity index (χ2v) is 7.67. The number of hydrazine groups is 1. The third kappa shape index (κ3) is 5.66. The lowest BCUT2D eigenvalue weighted by atomic mass is 10.0. The molecule has 0 bridgehead atoms. The van der Waals surface area contributed by atoms with E-state index in [2.05, 4.69) is 28.6 Å². The van der Waals surface area contributed by atoms with Gasteiger partial charge in [0.15, 0.2) is 0 Å². The second kappa shape index (κ2) is 9.54. The lowest BCUT2D eigenvalue weighted by Crippen LogP contribution is -2.42. The summed E-state index contributed by atoms with van der Waals surface area (Å²) in [6.07, 6.45) is -2.84. The Labute approximate surface area is 180 Å². The molecule has 0 saturated carbocycles. The number of hydrogen-bond acceptors (Lipinski definition) is 3. The zero-order chi connectivity index (χ0) is 21.7. The molecule has 3 aromatic rings. The van der Waals surface area contributed by atoms with Gasteiger partial charge in [0.05, 0.1) is 12.1 Å². The summed E-state index contributed by atoms with van der Waals surface area (Å²) >= 11 is 0. The van der Waals surface area contributed by atoms with Crippen molar-refractivity contribution in [2.45, 2.75) is 25.1 Å². The molecule has 31 heavy (non-hydrogen) atoms. The molecule has 1 atom stereocenters. The standard InChI is InChI=1S/C25H25F3N2O/c26-25(27,28)21-10-12-22(13-11-21)31-24-18-30(17-15-20-8-4-5-9-23(20)24)29-16-14-19-6-2-1-3-7-19/h1-13,24,29H,14-18H2. The van der Waals surface area contributed by atoms with Gasteiger partial charge in [0.1, 0.15) is 11.9 Å². The molecule has 0 aliphatic carbocycles. The van der Waals surface area contributed by atoms with Crippen LogP contribution in [0.3, 0.4) is 0 Å². The first-order chi connectivity index (χ1) is 15.0. The van der Waals surface area contributed by atoms with Crippen LogP contribution in [-0.2, 0) is 19.0 Å². The summed E-state index contributed by atoms with van der Waals surface area (Å²) in [7, 11) is 0. The molecule has 0 radical (unpaired) electrons. The molecular weight excluding hydrogens is 401 g/mol. The smallest absolute Gasteiger partial charge is 0.416 e. The SMILES string of the molecule is FC(F)(F)c1ccc(OC2CN(NCCc3ccccc3)CCc3ccccc32)cc1. The van der Waals surface area contributed by atoms with Crippen LogP contribution in [0.2, 0.25) is 0 Å². The third-order valence-electron chi connectivity index (χ3n) is 5.49. The van der Waals surface area contributed by atoms with Crippen LogP contribution >= 0.6 is 0 Å². The molecule has 3 nitrogen and oxygen atoms in total. The molecule has 1 unspecified atom stereocenters. The predicted molar refractivity (Wildman–Crippen MR) is 115 cm³/mol. The van der Waals surface area contributed by atoms with Crippen LogP contribution in [0.5, 0.6) is 5.75 Å². The fourth-order valence-electron chi connectivity index (χ4n) is 3.86. The summed E-state index contributed by atoms with van der Waals surface area (Å²) in [5.41, 5.74) is 6.37. The number of halogens is 3. The minimum Gasteiger partial charge on any atom is -0.484 e. The molecule has 1 aliphatic rings. The largest absolute Gasteiger partial charge is 0.484 e. The van der Waals surface area contributed by atoms with Crippen molar-refractivity contribution in [3.63, 3.8) is 0 Å². The molecule has 162 valence electrons. The maximum Gasteiger partial charge on any atom is 0.416 e. The second-order valence-electron chi connectivity index (χ2n) is 7.67. The van der Waals surface area contributed by atoms with Crippen molar-refractivity contribution >= 4 is 0 Å². The van der Waals surface area contributed by atoms with Crippen LogP contribution in [0.4, 0.5) is 13.2 Å². The molecule has 0 amide bonds. The number of alkyl halides is 3. The molecule has 0 aromatic heterocycles. The molecular formula is C25H25F3N2O. The Kier molecular flexibility index (Phi) is 6.59. The Morgan fingerprint density at radius 1 is 0.903 bits per heavy atom. The summed E-state index contributed by atoms with van der Waals surface area (Å²) < 4.78 is 44.8. The number of benzene rings is 3. The first-order valence-electron chi connectivity index (χ1n) is 10.4.